The molecule has 0 aliphatic rings. The Morgan fingerprint density at radius 1 is 1.59 bits per heavy atom. The summed E-state index contributed by atoms with van der Waals surface area (Å²) in [6.45, 7) is 1.99. The minimum absolute atomic E-state index is 0.00440. The first-order valence-electron chi connectivity index (χ1n) is 5.39. The van der Waals surface area contributed by atoms with Gasteiger partial charge in [0.2, 0.25) is 0 Å². The lowest BCUT2D eigenvalue weighted by molar-refractivity contribution is 0.0969. The highest BCUT2D eigenvalue weighted by molar-refractivity contribution is 9.10. The zero-order chi connectivity index (χ0) is 13.0. The number of Topliss-reactive ketones (excluding diaryl/α,β-unsaturated/α-hetero) is 1. The van der Waals surface area contributed by atoms with E-state index in [1.807, 2.05) is 6.92 Å². The second-order valence-electron chi connectivity index (χ2n) is 3.90. The molecule has 17 heavy (non-hydrogen) atoms. The second-order valence-corrected chi connectivity index (χ2v) is 5.13. The van der Waals surface area contributed by atoms with Gasteiger partial charge in [-0.25, -0.2) is 4.39 Å². The molecular weight excluding hydrogens is 308 g/mol. The van der Waals surface area contributed by atoms with Gasteiger partial charge in [-0.2, -0.15) is 0 Å². The van der Waals surface area contributed by atoms with E-state index >= 15 is 0 Å². The lowest BCUT2D eigenvalue weighted by Crippen LogP contribution is -2.24. The van der Waals surface area contributed by atoms with Crippen LogP contribution in [0.2, 0.25) is 5.02 Å². The Kier molecular flexibility index (Phi) is 5.56. The summed E-state index contributed by atoms with van der Waals surface area (Å²) in [6, 6.07) is 2.75. The molecule has 0 aliphatic carbocycles. The summed E-state index contributed by atoms with van der Waals surface area (Å²) >= 11 is 8.82. The Morgan fingerprint density at radius 2 is 2.24 bits per heavy atom. The van der Waals surface area contributed by atoms with Gasteiger partial charge < -0.3 is 5.73 Å². The van der Waals surface area contributed by atoms with Gasteiger partial charge >= 0.3 is 0 Å². The minimum atomic E-state index is -0.685. The molecule has 2 nitrogen and oxygen atoms in total. The Hall–Kier alpha value is -0.450. The smallest absolute Gasteiger partial charge is 0.167 e. The average molecular weight is 323 g/mol. The standard InChI is InChI=1S/C12H14BrClFNO/c1-2-3-7(16)6-10(17)8-4-5-9(13)11(14)12(8)15/h4-5,7H,2-3,6,16H2,1H3. The van der Waals surface area contributed by atoms with Gasteiger partial charge in [-0.15, -0.1) is 0 Å². The van der Waals surface area contributed by atoms with Gasteiger partial charge in [0.25, 0.3) is 0 Å². The normalized spacial score (nSPS) is 12.5. The summed E-state index contributed by atoms with van der Waals surface area (Å²) in [5.41, 5.74) is 5.76. The number of benzene rings is 1. The number of hydrogen-bond acceptors (Lipinski definition) is 2. The summed E-state index contributed by atoms with van der Waals surface area (Å²) in [4.78, 5) is 11.8. The van der Waals surface area contributed by atoms with E-state index < -0.39 is 5.82 Å². The molecular formula is C12H14BrClFNO. The van der Waals surface area contributed by atoms with Crippen molar-refractivity contribution >= 4 is 33.3 Å². The zero-order valence-corrected chi connectivity index (χ0v) is 11.8. The van der Waals surface area contributed by atoms with Crippen LogP contribution in [0.5, 0.6) is 0 Å². The maximum atomic E-state index is 13.7. The first-order chi connectivity index (χ1) is 7.97. The Balaban J connectivity index is 2.86. The van der Waals surface area contributed by atoms with Crippen LogP contribution < -0.4 is 5.73 Å². The van der Waals surface area contributed by atoms with Gasteiger partial charge in [-0.1, -0.05) is 24.9 Å². The molecule has 0 saturated heterocycles. The predicted molar refractivity (Wildman–Crippen MR) is 70.9 cm³/mol. The molecule has 0 aromatic heterocycles. The van der Waals surface area contributed by atoms with Crippen molar-refractivity contribution in [1.82, 2.24) is 0 Å². The molecule has 0 spiro atoms. The molecule has 5 heteroatoms. The van der Waals surface area contributed by atoms with Crippen LogP contribution in [0.4, 0.5) is 4.39 Å². The molecule has 1 aromatic carbocycles. The van der Waals surface area contributed by atoms with Crippen LogP contribution in [0.25, 0.3) is 0 Å². The third-order valence-corrected chi connectivity index (χ3v) is 3.70. The van der Waals surface area contributed by atoms with Crippen molar-refractivity contribution in [2.24, 2.45) is 5.73 Å². The molecule has 0 fully saturated rings. The van der Waals surface area contributed by atoms with Gasteiger partial charge in [-0.05, 0) is 34.5 Å². The number of halogens is 3. The molecule has 0 bridgehead atoms. The number of ketones is 1. The van der Waals surface area contributed by atoms with Gasteiger partial charge in [0.1, 0.15) is 0 Å². The van der Waals surface area contributed by atoms with Crippen LogP contribution in [0.3, 0.4) is 0 Å². The molecule has 0 saturated carbocycles. The fourth-order valence-corrected chi connectivity index (χ4v) is 2.03. The molecule has 1 unspecified atom stereocenters. The largest absolute Gasteiger partial charge is 0.327 e. The van der Waals surface area contributed by atoms with Crippen molar-refractivity contribution in [1.29, 1.82) is 0 Å². The van der Waals surface area contributed by atoms with Crippen molar-refractivity contribution in [3.05, 3.63) is 33.0 Å². The quantitative estimate of drug-likeness (QED) is 0.659. The Morgan fingerprint density at radius 3 is 2.82 bits per heavy atom. The van der Waals surface area contributed by atoms with E-state index in [9.17, 15) is 9.18 Å². The van der Waals surface area contributed by atoms with Crippen LogP contribution in [0.1, 0.15) is 36.5 Å². The van der Waals surface area contributed by atoms with Crippen LogP contribution in [0.15, 0.2) is 16.6 Å². The maximum Gasteiger partial charge on any atom is 0.167 e. The van der Waals surface area contributed by atoms with Gasteiger partial charge in [0.15, 0.2) is 11.6 Å². The van der Waals surface area contributed by atoms with Crippen molar-refractivity contribution < 1.29 is 9.18 Å². The van der Waals surface area contributed by atoms with E-state index in [2.05, 4.69) is 15.9 Å². The predicted octanol–water partition coefficient (Wildman–Crippen LogP) is 3.94. The van der Waals surface area contributed by atoms with E-state index in [1.165, 1.54) is 6.07 Å². The molecule has 0 amide bonds. The number of rotatable bonds is 5. The summed E-state index contributed by atoms with van der Waals surface area (Å²) in [5, 5.41) is -0.0695. The SMILES string of the molecule is CCCC(N)CC(=O)c1ccc(Br)c(Cl)c1F. The monoisotopic (exact) mass is 321 g/mol. The van der Waals surface area contributed by atoms with E-state index in [0.29, 0.717) is 4.47 Å². The number of carbonyl (C=O) groups excluding carboxylic acids is 1. The highest BCUT2D eigenvalue weighted by Gasteiger charge is 2.18. The molecule has 94 valence electrons. The molecule has 1 atom stereocenters. The third-order valence-electron chi connectivity index (χ3n) is 2.44. The highest BCUT2D eigenvalue weighted by atomic mass is 79.9. The number of hydrogen-bond donors (Lipinski definition) is 1. The highest BCUT2D eigenvalue weighted by Crippen LogP contribution is 2.28. The van der Waals surface area contributed by atoms with Crippen LogP contribution in [-0.4, -0.2) is 11.8 Å². The molecule has 1 aromatic rings. The van der Waals surface area contributed by atoms with Gasteiger partial charge in [0, 0.05) is 16.9 Å². The summed E-state index contributed by atoms with van der Waals surface area (Å²) in [5.74, 6) is -0.993. The number of nitrogens with two attached hydrogens (primary N) is 1. The van der Waals surface area contributed by atoms with Crippen LogP contribution in [0, 0.1) is 5.82 Å². The summed E-state index contributed by atoms with van der Waals surface area (Å²) < 4.78 is 14.2. The molecule has 0 heterocycles. The fraction of sp³-hybridized carbons (Fsp3) is 0.417. The minimum Gasteiger partial charge on any atom is -0.327 e. The van der Waals surface area contributed by atoms with Gasteiger partial charge in [0.05, 0.1) is 10.6 Å². The Bertz CT molecular complexity index is 425. The summed E-state index contributed by atoms with van der Waals surface area (Å²) in [7, 11) is 0. The van der Waals surface area contributed by atoms with Crippen molar-refractivity contribution in [2.45, 2.75) is 32.2 Å². The fourth-order valence-electron chi connectivity index (χ4n) is 1.56. The lowest BCUT2D eigenvalue weighted by atomic mass is 10.0. The third kappa shape index (κ3) is 3.76. The average Bonchev–Trinajstić information content (AvgIpc) is 2.26. The van der Waals surface area contributed by atoms with Crippen LogP contribution >= 0.6 is 27.5 Å². The van der Waals surface area contributed by atoms with Crippen molar-refractivity contribution in [3.8, 4) is 0 Å². The van der Waals surface area contributed by atoms with E-state index in [-0.39, 0.29) is 28.8 Å². The summed E-state index contributed by atoms with van der Waals surface area (Å²) in [6.07, 6.45) is 1.79. The first-order valence-corrected chi connectivity index (χ1v) is 6.56. The maximum absolute atomic E-state index is 13.7. The van der Waals surface area contributed by atoms with Gasteiger partial charge in [-0.3, -0.25) is 4.79 Å². The topological polar surface area (TPSA) is 43.1 Å². The first kappa shape index (κ1) is 14.6. The Labute approximate surface area is 113 Å². The molecule has 1 rings (SSSR count). The molecule has 0 radical (unpaired) electrons. The number of carbonyl (C=O) groups is 1. The van der Waals surface area contributed by atoms with Crippen molar-refractivity contribution in [2.75, 3.05) is 0 Å². The lowest BCUT2D eigenvalue weighted by Gasteiger charge is -2.10. The van der Waals surface area contributed by atoms with E-state index in [0.717, 1.165) is 12.8 Å². The second kappa shape index (κ2) is 6.47. The van der Waals surface area contributed by atoms with E-state index in [4.69, 9.17) is 17.3 Å². The van der Waals surface area contributed by atoms with E-state index in [1.54, 1.807) is 6.07 Å². The molecule has 2 N–H and O–H groups in total. The van der Waals surface area contributed by atoms with Crippen LogP contribution in [-0.2, 0) is 0 Å². The zero-order valence-electron chi connectivity index (χ0n) is 9.47. The molecule has 0 aliphatic heterocycles. The van der Waals surface area contributed by atoms with Crippen molar-refractivity contribution in [3.63, 3.8) is 0 Å².